The minimum Gasteiger partial charge on any atom is -0.330 e. The number of hydrogen-bond donors (Lipinski definition) is 1. The Labute approximate surface area is 100 Å². The van der Waals surface area contributed by atoms with E-state index in [1.54, 1.807) is 0 Å². The van der Waals surface area contributed by atoms with Crippen LogP contribution >= 0.6 is 11.6 Å². The third-order valence-corrected chi connectivity index (χ3v) is 2.66. The summed E-state index contributed by atoms with van der Waals surface area (Å²) in [5.74, 6) is 6.15. The first-order valence-corrected chi connectivity index (χ1v) is 5.57. The Morgan fingerprint density at radius 3 is 2.62 bits per heavy atom. The molecule has 0 bridgehead atoms. The predicted octanol–water partition coefficient (Wildman–Crippen LogP) is 3.19. The van der Waals surface area contributed by atoms with Crippen LogP contribution in [0.1, 0.15) is 12.0 Å². The van der Waals surface area contributed by atoms with Gasteiger partial charge in [0.1, 0.15) is 0 Å². The molecule has 0 unspecified atom stereocenters. The lowest BCUT2D eigenvalue weighted by Crippen LogP contribution is -1.95. The number of rotatable bonds is 1. The summed E-state index contributed by atoms with van der Waals surface area (Å²) in [6.07, 6.45) is 0.709. The molecule has 0 radical (unpaired) electrons. The van der Waals surface area contributed by atoms with E-state index in [0.717, 1.165) is 21.4 Å². The zero-order chi connectivity index (χ0) is 11.4. The van der Waals surface area contributed by atoms with E-state index in [2.05, 4.69) is 11.8 Å². The lowest BCUT2D eigenvalue weighted by molar-refractivity contribution is 1.03. The van der Waals surface area contributed by atoms with Gasteiger partial charge in [-0.05, 0) is 17.5 Å². The van der Waals surface area contributed by atoms with Crippen LogP contribution in [0, 0.1) is 11.8 Å². The molecule has 0 aromatic heterocycles. The lowest BCUT2D eigenvalue weighted by atomic mass is 10.0. The van der Waals surface area contributed by atoms with Gasteiger partial charge in [0.15, 0.2) is 0 Å². The van der Waals surface area contributed by atoms with E-state index in [1.165, 1.54) is 0 Å². The van der Waals surface area contributed by atoms with Gasteiger partial charge in [-0.3, -0.25) is 0 Å². The van der Waals surface area contributed by atoms with Crippen LogP contribution in [0.2, 0.25) is 5.02 Å². The number of hydrogen-bond acceptors (Lipinski definition) is 1. The summed E-state index contributed by atoms with van der Waals surface area (Å²) in [7, 11) is 0. The normalized spacial score (nSPS) is 9.88. The van der Waals surface area contributed by atoms with E-state index in [-0.39, 0.29) is 0 Å². The van der Waals surface area contributed by atoms with Crippen molar-refractivity contribution in [1.82, 2.24) is 0 Å². The molecule has 0 aliphatic rings. The highest BCUT2D eigenvalue weighted by molar-refractivity contribution is 6.36. The Balaban J connectivity index is 2.58. The van der Waals surface area contributed by atoms with Crippen molar-refractivity contribution in [3.8, 4) is 11.8 Å². The number of nitrogens with two attached hydrogens (primary N) is 1. The van der Waals surface area contributed by atoms with Crippen LogP contribution < -0.4 is 5.73 Å². The quantitative estimate of drug-likeness (QED) is 0.747. The largest absolute Gasteiger partial charge is 0.330 e. The first kappa shape index (κ1) is 11.0. The molecule has 2 N–H and O–H groups in total. The molecule has 80 valence electrons. The van der Waals surface area contributed by atoms with Crippen LogP contribution in [0.25, 0.3) is 10.8 Å². The predicted molar refractivity (Wildman–Crippen MR) is 69.5 cm³/mol. The SMILES string of the molecule is NCCC#Cc1cccc2cccc(Cl)c12. The fourth-order valence-electron chi connectivity index (χ4n) is 1.63. The van der Waals surface area contributed by atoms with Crippen LogP contribution in [0.3, 0.4) is 0 Å². The van der Waals surface area contributed by atoms with E-state index >= 15 is 0 Å². The highest BCUT2D eigenvalue weighted by atomic mass is 35.5. The maximum absolute atomic E-state index is 6.18. The van der Waals surface area contributed by atoms with Crippen molar-refractivity contribution in [3.05, 3.63) is 47.0 Å². The highest BCUT2D eigenvalue weighted by Gasteiger charge is 2.01. The Kier molecular flexibility index (Phi) is 3.46. The first-order valence-electron chi connectivity index (χ1n) is 5.19. The third-order valence-electron chi connectivity index (χ3n) is 2.35. The summed E-state index contributed by atoms with van der Waals surface area (Å²) in [4.78, 5) is 0. The number of benzene rings is 2. The average Bonchev–Trinajstić information content (AvgIpc) is 2.30. The highest BCUT2D eigenvalue weighted by Crippen LogP contribution is 2.26. The molecule has 0 amide bonds. The molecule has 2 aromatic carbocycles. The lowest BCUT2D eigenvalue weighted by Gasteiger charge is -2.02. The maximum atomic E-state index is 6.18. The van der Waals surface area contributed by atoms with E-state index in [4.69, 9.17) is 17.3 Å². The molecule has 2 aromatic rings. The topological polar surface area (TPSA) is 26.0 Å². The second kappa shape index (κ2) is 5.03. The molecule has 16 heavy (non-hydrogen) atoms. The molecule has 0 saturated carbocycles. The standard InChI is InChI=1S/C14H12ClN/c15-13-9-4-8-12-7-3-6-11(14(12)13)5-1-2-10-16/h3-4,6-9H,2,10,16H2. The summed E-state index contributed by atoms with van der Waals surface area (Å²) in [6, 6.07) is 11.9. The van der Waals surface area contributed by atoms with Crippen LogP contribution in [0.5, 0.6) is 0 Å². The van der Waals surface area contributed by atoms with Gasteiger partial charge in [0, 0.05) is 28.9 Å². The second-order valence-electron chi connectivity index (χ2n) is 3.48. The summed E-state index contributed by atoms with van der Waals surface area (Å²) in [6.45, 7) is 0.589. The smallest absolute Gasteiger partial charge is 0.0496 e. The molecule has 0 saturated heterocycles. The molecule has 0 aliphatic carbocycles. The third kappa shape index (κ3) is 2.19. The van der Waals surface area contributed by atoms with Gasteiger partial charge in [0.25, 0.3) is 0 Å². The molecule has 0 atom stereocenters. The molecular formula is C14H12ClN. The van der Waals surface area contributed by atoms with Gasteiger partial charge < -0.3 is 5.73 Å². The van der Waals surface area contributed by atoms with E-state index in [0.29, 0.717) is 13.0 Å². The Morgan fingerprint density at radius 1 is 1.12 bits per heavy atom. The Hall–Kier alpha value is -1.49. The van der Waals surface area contributed by atoms with Crippen molar-refractivity contribution >= 4 is 22.4 Å². The van der Waals surface area contributed by atoms with Crippen molar-refractivity contribution in [1.29, 1.82) is 0 Å². The fourth-order valence-corrected chi connectivity index (χ4v) is 1.91. The summed E-state index contributed by atoms with van der Waals surface area (Å²) in [5.41, 5.74) is 6.38. The molecule has 0 aliphatic heterocycles. The number of halogens is 1. The monoisotopic (exact) mass is 229 g/mol. The maximum Gasteiger partial charge on any atom is 0.0496 e. The van der Waals surface area contributed by atoms with E-state index in [1.807, 2.05) is 36.4 Å². The first-order chi connectivity index (χ1) is 7.83. The molecule has 2 rings (SSSR count). The van der Waals surface area contributed by atoms with E-state index < -0.39 is 0 Å². The van der Waals surface area contributed by atoms with Gasteiger partial charge in [-0.25, -0.2) is 0 Å². The molecule has 0 fully saturated rings. The molecule has 0 heterocycles. The average molecular weight is 230 g/mol. The van der Waals surface area contributed by atoms with Gasteiger partial charge in [0.05, 0.1) is 0 Å². The van der Waals surface area contributed by atoms with Crippen LogP contribution in [-0.2, 0) is 0 Å². The van der Waals surface area contributed by atoms with Gasteiger partial charge in [-0.1, -0.05) is 47.7 Å². The summed E-state index contributed by atoms with van der Waals surface area (Å²) in [5, 5.41) is 2.89. The summed E-state index contributed by atoms with van der Waals surface area (Å²) >= 11 is 6.18. The minimum atomic E-state index is 0.589. The number of fused-ring (bicyclic) bond motifs is 1. The van der Waals surface area contributed by atoms with Crippen molar-refractivity contribution in [2.24, 2.45) is 5.73 Å². The van der Waals surface area contributed by atoms with Crippen molar-refractivity contribution in [3.63, 3.8) is 0 Å². The summed E-state index contributed by atoms with van der Waals surface area (Å²) < 4.78 is 0. The molecular weight excluding hydrogens is 218 g/mol. The Morgan fingerprint density at radius 2 is 1.88 bits per heavy atom. The van der Waals surface area contributed by atoms with E-state index in [9.17, 15) is 0 Å². The van der Waals surface area contributed by atoms with Crippen LogP contribution in [-0.4, -0.2) is 6.54 Å². The minimum absolute atomic E-state index is 0.589. The molecule has 1 nitrogen and oxygen atoms in total. The zero-order valence-corrected chi connectivity index (χ0v) is 9.59. The van der Waals surface area contributed by atoms with Gasteiger partial charge in [-0.2, -0.15) is 0 Å². The van der Waals surface area contributed by atoms with Crippen LogP contribution in [0.15, 0.2) is 36.4 Å². The zero-order valence-electron chi connectivity index (χ0n) is 8.83. The van der Waals surface area contributed by atoms with Gasteiger partial charge in [0.2, 0.25) is 0 Å². The molecule has 2 heteroatoms. The Bertz CT molecular complexity index is 558. The van der Waals surface area contributed by atoms with Gasteiger partial charge >= 0.3 is 0 Å². The van der Waals surface area contributed by atoms with Crippen molar-refractivity contribution in [2.45, 2.75) is 6.42 Å². The fraction of sp³-hybridized carbons (Fsp3) is 0.143. The molecule has 0 spiro atoms. The van der Waals surface area contributed by atoms with Crippen molar-refractivity contribution in [2.75, 3.05) is 6.54 Å². The van der Waals surface area contributed by atoms with Crippen LogP contribution in [0.4, 0.5) is 0 Å². The second-order valence-corrected chi connectivity index (χ2v) is 3.89. The van der Waals surface area contributed by atoms with Crippen molar-refractivity contribution < 1.29 is 0 Å². The van der Waals surface area contributed by atoms with Gasteiger partial charge in [-0.15, -0.1) is 0 Å².